The lowest BCUT2D eigenvalue weighted by Crippen LogP contribution is -2.31. The van der Waals surface area contributed by atoms with Crippen LogP contribution in [-0.4, -0.2) is 27.4 Å². The maximum Gasteiger partial charge on any atom is 0.269 e. The van der Waals surface area contributed by atoms with Gasteiger partial charge in [-0.3, -0.25) is 15.5 Å². The molecule has 3 aromatic rings. The van der Waals surface area contributed by atoms with Gasteiger partial charge >= 0.3 is 0 Å². The van der Waals surface area contributed by atoms with Crippen LogP contribution in [-0.2, 0) is 6.54 Å². The van der Waals surface area contributed by atoms with E-state index in [0.29, 0.717) is 11.7 Å². The Balaban J connectivity index is 1.84. The zero-order valence-electron chi connectivity index (χ0n) is 14.8. The van der Waals surface area contributed by atoms with Gasteiger partial charge in [-0.15, -0.1) is 0 Å². The van der Waals surface area contributed by atoms with Crippen molar-refractivity contribution < 1.29 is 4.92 Å². The van der Waals surface area contributed by atoms with Crippen molar-refractivity contribution in [3.05, 3.63) is 76.0 Å². The lowest BCUT2D eigenvalue weighted by atomic mass is 10.2. The van der Waals surface area contributed by atoms with Crippen molar-refractivity contribution in [1.82, 2.24) is 15.3 Å². The summed E-state index contributed by atoms with van der Waals surface area (Å²) in [5, 5.41) is 19.5. The van der Waals surface area contributed by atoms with Gasteiger partial charge in [0, 0.05) is 47.9 Å². The quantitative estimate of drug-likeness (QED) is 0.296. The standard InChI is InChI=1S/C19H19N5O2S/c1-2-20-19(27)22-21-11-15-13-23(18-6-4-3-5-17(15)18)12-14-7-9-16(10-8-14)24(25)26/h3-11,13H,2,12H2,1H3,(H2,20,22,27)/b21-11-. The Morgan fingerprint density at radius 1 is 1.26 bits per heavy atom. The van der Waals surface area contributed by atoms with Gasteiger partial charge in [-0.25, -0.2) is 0 Å². The first-order valence-corrected chi connectivity index (χ1v) is 8.87. The topological polar surface area (TPSA) is 84.5 Å². The summed E-state index contributed by atoms with van der Waals surface area (Å²) in [6.07, 6.45) is 3.74. The number of nitrogens with one attached hydrogen (secondary N) is 2. The van der Waals surface area contributed by atoms with Crippen LogP contribution in [0.15, 0.2) is 59.8 Å². The van der Waals surface area contributed by atoms with E-state index in [4.69, 9.17) is 12.2 Å². The van der Waals surface area contributed by atoms with E-state index in [9.17, 15) is 10.1 Å². The maximum absolute atomic E-state index is 10.8. The van der Waals surface area contributed by atoms with Crippen molar-refractivity contribution in [3.8, 4) is 0 Å². The Morgan fingerprint density at radius 3 is 2.70 bits per heavy atom. The predicted octanol–water partition coefficient (Wildman–Crippen LogP) is 3.42. The summed E-state index contributed by atoms with van der Waals surface area (Å²) in [4.78, 5) is 10.4. The molecule has 0 aliphatic heterocycles. The fourth-order valence-electron chi connectivity index (χ4n) is 2.79. The Kier molecular flexibility index (Phi) is 5.77. The van der Waals surface area contributed by atoms with Crippen LogP contribution in [0.1, 0.15) is 18.1 Å². The molecule has 0 aliphatic carbocycles. The van der Waals surface area contributed by atoms with Crippen molar-refractivity contribution >= 4 is 40.1 Å². The van der Waals surface area contributed by atoms with Gasteiger partial charge in [0.15, 0.2) is 5.11 Å². The van der Waals surface area contributed by atoms with Crippen molar-refractivity contribution in [2.24, 2.45) is 5.10 Å². The molecule has 0 fully saturated rings. The van der Waals surface area contributed by atoms with Crippen LogP contribution in [0.5, 0.6) is 0 Å². The van der Waals surface area contributed by atoms with Gasteiger partial charge in [-0.2, -0.15) is 5.10 Å². The van der Waals surface area contributed by atoms with Crippen molar-refractivity contribution in [2.45, 2.75) is 13.5 Å². The Morgan fingerprint density at radius 2 is 2.00 bits per heavy atom. The molecule has 0 saturated heterocycles. The van der Waals surface area contributed by atoms with Crippen LogP contribution < -0.4 is 10.7 Å². The summed E-state index contributed by atoms with van der Waals surface area (Å²) in [6, 6.07) is 14.6. The minimum Gasteiger partial charge on any atom is -0.362 e. The number of nitrogens with zero attached hydrogens (tertiary/aromatic N) is 3. The zero-order valence-corrected chi connectivity index (χ0v) is 15.6. The number of fused-ring (bicyclic) bond motifs is 1. The van der Waals surface area contributed by atoms with E-state index < -0.39 is 4.92 Å². The minimum atomic E-state index is -0.395. The summed E-state index contributed by atoms with van der Waals surface area (Å²) in [6.45, 7) is 3.30. The molecule has 0 atom stereocenters. The third kappa shape index (κ3) is 4.48. The molecule has 138 valence electrons. The normalized spacial score (nSPS) is 11.0. The van der Waals surface area contributed by atoms with Gasteiger partial charge in [-0.1, -0.05) is 30.3 Å². The molecule has 27 heavy (non-hydrogen) atoms. The molecule has 0 saturated carbocycles. The van der Waals surface area contributed by atoms with Crippen LogP contribution in [0.4, 0.5) is 5.69 Å². The summed E-state index contributed by atoms with van der Waals surface area (Å²) in [5.74, 6) is 0. The molecule has 2 N–H and O–H groups in total. The number of hydrogen-bond donors (Lipinski definition) is 2. The highest BCUT2D eigenvalue weighted by Gasteiger charge is 2.09. The Labute approximate surface area is 161 Å². The molecule has 2 aromatic carbocycles. The number of thiocarbonyl (C=S) groups is 1. The molecule has 0 unspecified atom stereocenters. The zero-order chi connectivity index (χ0) is 19.2. The number of aromatic nitrogens is 1. The molecule has 7 nitrogen and oxygen atoms in total. The minimum absolute atomic E-state index is 0.0895. The second-order valence-electron chi connectivity index (χ2n) is 5.88. The first kappa shape index (κ1) is 18.5. The number of hydrazone groups is 1. The van der Waals surface area contributed by atoms with E-state index in [1.807, 2.05) is 37.4 Å². The van der Waals surface area contributed by atoms with E-state index in [2.05, 4.69) is 20.4 Å². The largest absolute Gasteiger partial charge is 0.362 e. The number of nitro groups is 1. The van der Waals surface area contributed by atoms with E-state index in [-0.39, 0.29) is 5.69 Å². The SMILES string of the molecule is CCNC(=S)N/N=C\c1cn(Cc2ccc([N+](=O)[O-])cc2)c2ccccc12. The summed E-state index contributed by atoms with van der Waals surface area (Å²) in [5.41, 5.74) is 5.88. The lowest BCUT2D eigenvalue weighted by Gasteiger charge is -2.05. The molecule has 3 rings (SSSR count). The van der Waals surface area contributed by atoms with E-state index in [1.165, 1.54) is 12.1 Å². The number of para-hydroxylation sites is 1. The van der Waals surface area contributed by atoms with Gasteiger partial charge in [0.1, 0.15) is 0 Å². The molecular weight excluding hydrogens is 362 g/mol. The highest BCUT2D eigenvalue weighted by atomic mass is 32.1. The van der Waals surface area contributed by atoms with Gasteiger partial charge in [-0.05, 0) is 30.8 Å². The van der Waals surface area contributed by atoms with Crippen LogP contribution in [0.2, 0.25) is 0 Å². The van der Waals surface area contributed by atoms with Gasteiger partial charge in [0.25, 0.3) is 5.69 Å². The fraction of sp³-hybridized carbons (Fsp3) is 0.158. The average molecular weight is 381 g/mol. The van der Waals surface area contributed by atoms with Gasteiger partial charge in [0.2, 0.25) is 0 Å². The van der Waals surface area contributed by atoms with E-state index >= 15 is 0 Å². The average Bonchev–Trinajstić information content (AvgIpc) is 3.00. The number of nitro benzene ring substituents is 1. The number of non-ortho nitro benzene ring substituents is 1. The Hall–Kier alpha value is -3.26. The lowest BCUT2D eigenvalue weighted by molar-refractivity contribution is -0.384. The molecule has 0 spiro atoms. The van der Waals surface area contributed by atoms with E-state index in [1.54, 1.807) is 18.3 Å². The molecule has 0 bridgehead atoms. The molecule has 0 radical (unpaired) electrons. The van der Waals surface area contributed by atoms with Crippen LogP contribution in [0.3, 0.4) is 0 Å². The smallest absolute Gasteiger partial charge is 0.269 e. The van der Waals surface area contributed by atoms with Crippen molar-refractivity contribution in [1.29, 1.82) is 0 Å². The number of benzene rings is 2. The second-order valence-corrected chi connectivity index (χ2v) is 6.29. The number of rotatable bonds is 6. The van der Waals surface area contributed by atoms with Crippen LogP contribution in [0.25, 0.3) is 10.9 Å². The van der Waals surface area contributed by atoms with Crippen LogP contribution in [0, 0.1) is 10.1 Å². The highest BCUT2D eigenvalue weighted by Crippen LogP contribution is 2.22. The summed E-state index contributed by atoms with van der Waals surface area (Å²) in [7, 11) is 0. The molecule has 1 aromatic heterocycles. The van der Waals surface area contributed by atoms with E-state index in [0.717, 1.165) is 28.6 Å². The first-order valence-electron chi connectivity index (χ1n) is 8.46. The van der Waals surface area contributed by atoms with Gasteiger partial charge < -0.3 is 9.88 Å². The van der Waals surface area contributed by atoms with Crippen molar-refractivity contribution in [2.75, 3.05) is 6.54 Å². The first-order chi connectivity index (χ1) is 13.1. The molecule has 0 aliphatic rings. The maximum atomic E-state index is 10.8. The molecule has 0 amide bonds. The Bertz CT molecular complexity index is 995. The molecule has 8 heteroatoms. The van der Waals surface area contributed by atoms with Crippen LogP contribution >= 0.6 is 12.2 Å². The van der Waals surface area contributed by atoms with Gasteiger partial charge in [0.05, 0.1) is 11.1 Å². The van der Waals surface area contributed by atoms with Crippen molar-refractivity contribution in [3.63, 3.8) is 0 Å². The summed E-state index contributed by atoms with van der Waals surface area (Å²) < 4.78 is 2.10. The third-order valence-corrected chi connectivity index (χ3v) is 4.26. The number of hydrogen-bond acceptors (Lipinski definition) is 4. The molecule has 1 heterocycles. The second kappa shape index (κ2) is 8.41. The molecular formula is C19H19N5O2S. The third-order valence-electron chi connectivity index (χ3n) is 4.03. The monoisotopic (exact) mass is 381 g/mol. The summed E-state index contributed by atoms with van der Waals surface area (Å²) >= 11 is 5.10. The predicted molar refractivity (Wildman–Crippen MR) is 111 cm³/mol. The fourth-order valence-corrected chi connectivity index (χ4v) is 2.99. The highest BCUT2D eigenvalue weighted by molar-refractivity contribution is 7.80.